The normalized spacial score (nSPS) is 12.1. The molecule has 0 atom stereocenters. The summed E-state index contributed by atoms with van der Waals surface area (Å²) in [5, 5.41) is 5.04. The zero-order chi connectivity index (χ0) is 29.2. The molecule has 1 aliphatic heterocycles. The molecule has 4 rings (SSSR count). The number of benzene rings is 2. The van der Waals surface area contributed by atoms with Crippen molar-refractivity contribution in [3.8, 4) is 23.8 Å². The van der Waals surface area contributed by atoms with E-state index >= 15 is 0 Å². The molecule has 11 heteroatoms. The summed E-state index contributed by atoms with van der Waals surface area (Å²) in [5.74, 6) is 3.34. The summed E-state index contributed by atoms with van der Waals surface area (Å²) < 4.78 is 13.7. The van der Waals surface area contributed by atoms with Crippen molar-refractivity contribution in [3.63, 3.8) is 0 Å². The van der Waals surface area contributed by atoms with Crippen LogP contribution in [0.15, 0.2) is 35.1 Å². The Bertz CT molecular complexity index is 1430. The predicted molar refractivity (Wildman–Crippen MR) is 160 cm³/mol. The number of aryl methyl sites for hydroxylation is 3. The van der Waals surface area contributed by atoms with Crippen molar-refractivity contribution < 1.29 is 14.3 Å². The summed E-state index contributed by atoms with van der Waals surface area (Å²) in [7, 11) is 0. The van der Waals surface area contributed by atoms with Crippen LogP contribution in [0.25, 0.3) is 5.69 Å². The summed E-state index contributed by atoms with van der Waals surface area (Å²) in [6.45, 7) is 7.55. The van der Waals surface area contributed by atoms with Gasteiger partial charge in [-0.3, -0.25) is 14.3 Å². The van der Waals surface area contributed by atoms with Crippen molar-refractivity contribution in [2.45, 2.75) is 53.0 Å². The maximum absolute atomic E-state index is 12.5. The molecule has 1 aliphatic rings. The lowest BCUT2D eigenvalue weighted by atomic mass is 10.0. The summed E-state index contributed by atoms with van der Waals surface area (Å²) in [4.78, 5) is 26.1. The van der Waals surface area contributed by atoms with Crippen molar-refractivity contribution in [2.75, 3.05) is 30.7 Å². The van der Waals surface area contributed by atoms with Gasteiger partial charge in [-0.25, -0.2) is 4.79 Å². The quantitative estimate of drug-likeness (QED) is 0.174. The zero-order valence-electron chi connectivity index (χ0n) is 22.9. The Labute approximate surface area is 249 Å². The van der Waals surface area contributed by atoms with Crippen LogP contribution in [0.4, 0.5) is 5.69 Å². The molecule has 2 aromatic carbocycles. The van der Waals surface area contributed by atoms with E-state index < -0.39 is 0 Å². The van der Waals surface area contributed by atoms with Crippen molar-refractivity contribution in [1.82, 2.24) is 14.3 Å². The van der Waals surface area contributed by atoms with Crippen LogP contribution in [0.1, 0.15) is 43.6 Å². The standard InChI is InChI=1S/C15H13Cl2N3O2.C14H20ClNO2/c1-2-7-22-13-9-12(10(16)8-11(13)17)20-15(21)19-6-4-3-5-14(19)18-20;1-4-12-8-6-7-11(3)14(12)16(10-18-5-2)13(17)9-15/h1,8-9H,3-7H2;6-8H,4-5,9-10H2,1-3H3. The van der Waals surface area contributed by atoms with E-state index in [2.05, 4.69) is 17.9 Å². The highest BCUT2D eigenvalue weighted by atomic mass is 35.5. The van der Waals surface area contributed by atoms with Crippen molar-refractivity contribution >= 4 is 46.4 Å². The molecule has 0 radical (unpaired) electrons. The van der Waals surface area contributed by atoms with Crippen LogP contribution >= 0.6 is 34.8 Å². The lowest BCUT2D eigenvalue weighted by Crippen LogP contribution is -2.35. The van der Waals surface area contributed by atoms with Gasteiger partial charge in [-0.2, -0.15) is 4.68 Å². The second kappa shape index (κ2) is 15.2. The molecule has 40 heavy (non-hydrogen) atoms. The molecule has 0 saturated carbocycles. The molecule has 0 saturated heterocycles. The summed E-state index contributed by atoms with van der Waals surface area (Å²) in [6.07, 6.45) is 8.84. The first kappa shape index (κ1) is 31.6. The number of hydrogen-bond donors (Lipinski definition) is 0. The van der Waals surface area contributed by atoms with Crippen LogP contribution in [0.2, 0.25) is 10.0 Å². The Balaban J connectivity index is 0.000000226. The molecule has 3 aromatic rings. The maximum Gasteiger partial charge on any atom is 0.350 e. The van der Waals surface area contributed by atoms with Gasteiger partial charge in [0.25, 0.3) is 0 Å². The third-order valence-corrected chi connectivity index (χ3v) is 7.15. The molecule has 0 fully saturated rings. The molecule has 1 amide bonds. The Morgan fingerprint density at radius 2 is 1.98 bits per heavy atom. The smallest absolute Gasteiger partial charge is 0.350 e. The number of terminal acetylenes is 1. The van der Waals surface area contributed by atoms with E-state index in [0.29, 0.717) is 34.6 Å². The minimum atomic E-state index is -0.207. The number of para-hydroxylation sites is 1. The molecular weight excluding hydrogens is 575 g/mol. The van der Waals surface area contributed by atoms with Crippen molar-refractivity contribution in [3.05, 3.63) is 67.8 Å². The molecular formula is C29H33Cl3N4O4. The number of fused-ring (bicyclic) bond motifs is 1. The van der Waals surface area contributed by atoms with Crippen LogP contribution < -0.4 is 15.3 Å². The maximum atomic E-state index is 12.5. The Kier molecular flexibility index (Phi) is 12.0. The molecule has 0 aliphatic carbocycles. The number of rotatable bonds is 9. The molecule has 2 heterocycles. The van der Waals surface area contributed by atoms with E-state index in [1.165, 1.54) is 10.7 Å². The highest BCUT2D eigenvalue weighted by molar-refractivity contribution is 6.36. The Hall–Kier alpha value is -2.96. The van der Waals surface area contributed by atoms with E-state index in [9.17, 15) is 9.59 Å². The third-order valence-electron chi connectivity index (χ3n) is 6.32. The molecule has 0 unspecified atom stereocenters. The van der Waals surface area contributed by atoms with Crippen LogP contribution in [-0.4, -0.2) is 46.1 Å². The first-order valence-corrected chi connectivity index (χ1v) is 14.3. The summed E-state index contributed by atoms with van der Waals surface area (Å²) in [6, 6.07) is 9.14. The van der Waals surface area contributed by atoms with Crippen molar-refractivity contribution in [1.29, 1.82) is 0 Å². The minimum Gasteiger partial charge on any atom is -0.479 e. The van der Waals surface area contributed by atoms with E-state index in [1.54, 1.807) is 15.5 Å². The van der Waals surface area contributed by atoms with E-state index in [-0.39, 0.29) is 30.8 Å². The van der Waals surface area contributed by atoms with E-state index in [0.717, 1.165) is 48.3 Å². The SMILES string of the molecule is C#CCOc1cc(-n2nc3n(c2=O)CCCC3)c(Cl)cc1Cl.CCOCN(C(=O)CCl)c1c(C)cccc1CC. The number of carbonyl (C=O) groups excluding carboxylic acids is 1. The second-order valence-corrected chi connectivity index (χ2v) is 10.0. The first-order valence-electron chi connectivity index (χ1n) is 13.0. The van der Waals surface area contributed by atoms with Gasteiger partial charge in [0.1, 0.15) is 30.8 Å². The van der Waals surface area contributed by atoms with Crippen LogP contribution in [0.5, 0.6) is 5.75 Å². The van der Waals surface area contributed by atoms with Gasteiger partial charge in [-0.05, 0) is 50.3 Å². The number of halogens is 3. The number of amides is 1. The average molecular weight is 608 g/mol. The molecule has 0 N–H and O–H groups in total. The van der Waals surface area contributed by atoms with Crippen LogP contribution in [-0.2, 0) is 28.9 Å². The molecule has 0 spiro atoms. The number of carbonyl (C=O) groups is 1. The van der Waals surface area contributed by atoms with Gasteiger partial charge in [0.2, 0.25) is 5.91 Å². The van der Waals surface area contributed by atoms with Gasteiger partial charge in [0.15, 0.2) is 0 Å². The summed E-state index contributed by atoms with van der Waals surface area (Å²) in [5.41, 5.74) is 3.35. The van der Waals surface area contributed by atoms with Gasteiger partial charge in [-0.1, -0.05) is 54.2 Å². The lowest BCUT2D eigenvalue weighted by molar-refractivity contribution is -0.117. The number of nitrogens with zero attached hydrogens (tertiary/aromatic N) is 4. The topological polar surface area (TPSA) is 78.6 Å². The van der Waals surface area contributed by atoms with E-state index in [1.807, 2.05) is 32.0 Å². The van der Waals surface area contributed by atoms with Crippen molar-refractivity contribution in [2.24, 2.45) is 0 Å². The zero-order valence-corrected chi connectivity index (χ0v) is 25.2. The fourth-order valence-corrected chi connectivity index (χ4v) is 5.04. The summed E-state index contributed by atoms with van der Waals surface area (Å²) >= 11 is 18.0. The van der Waals surface area contributed by atoms with Gasteiger partial charge in [-0.15, -0.1) is 23.1 Å². The number of alkyl halides is 1. The number of aromatic nitrogens is 3. The molecule has 214 valence electrons. The molecule has 0 bridgehead atoms. The fraction of sp³-hybridized carbons (Fsp3) is 0.414. The molecule has 8 nitrogen and oxygen atoms in total. The second-order valence-electron chi connectivity index (χ2n) is 8.96. The average Bonchev–Trinajstić information content (AvgIpc) is 3.29. The van der Waals surface area contributed by atoms with Crippen LogP contribution in [0, 0.1) is 19.3 Å². The third kappa shape index (κ3) is 7.41. The lowest BCUT2D eigenvalue weighted by Gasteiger charge is -2.25. The Morgan fingerprint density at radius 1 is 1.20 bits per heavy atom. The number of ether oxygens (including phenoxy) is 2. The number of hydrogen-bond acceptors (Lipinski definition) is 5. The highest BCUT2D eigenvalue weighted by Gasteiger charge is 2.21. The fourth-order valence-electron chi connectivity index (χ4n) is 4.37. The van der Waals surface area contributed by atoms with Gasteiger partial charge in [0, 0.05) is 25.6 Å². The monoisotopic (exact) mass is 606 g/mol. The first-order chi connectivity index (χ1) is 19.3. The molecule has 1 aromatic heterocycles. The highest BCUT2D eigenvalue weighted by Crippen LogP contribution is 2.33. The van der Waals surface area contributed by atoms with Gasteiger partial charge in [0.05, 0.1) is 21.4 Å². The van der Waals surface area contributed by atoms with Gasteiger partial charge >= 0.3 is 5.69 Å². The number of anilines is 1. The van der Waals surface area contributed by atoms with E-state index in [4.69, 9.17) is 50.7 Å². The van der Waals surface area contributed by atoms with Crippen LogP contribution in [0.3, 0.4) is 0 Å². The minimum absolute atomic E-state index is 0.0371. The predicted octanol–water partition coefficient (Wildman–Crippen LogP) is 5.81. The van der Waals surface area contributed by atoms with Gasteiger partial charge < -0.3 is 9.47 Å². The Morgan fingerprint density at radius 3 is 2.62 bits per heavy atom. The largest absolute Gasteiger partial charge is 0.479 e.